The van der Waals surface area contributed by atoms with E-state index < -0.39 is 0 Å². The number of benzene rings is 2. The van der Waals surface area contributed by atoms with Gasteiger partial charge in [-0.25, -0.2) is 0 Å². The van der Waals surface area contributed by atoms with E-state index in [0.29, 0.717) is 12.1 Å². The Balaban J connectivity index is 1.96. The molecule has 0 radical (unpaired) electrons. The van der Waals surface area contributed by atoms with Crippen LogP contribution in [0.15, 0.2) is 58.2 Å². The van der Waals surface area contributed by atoms with Gasteiger partial charge in [0.25, 0.3) is 0 Å². The van der Waals surface area contributed by atoms with E-state index in [9.17, 15) is 0 Å². The molecule has 0 aromatic heterocycles. The molecule has 0 aliphatic carbocycles. The normalized spacial score (nSPS) is 11.6. The Hall–Kier alpha value is -1.85. The maximum atomic E-state index is 8.68. The van der Waals surface area contributed by atoms with Crippen molar-refractivity contribution in [2.45, 2.75) is 13.1 Å². The van der Waals surface area contributed by atoms with Crippen LogP contribution in [0.4, 0.5) is 0 Å². The first kappa shape index (κ1) is 14.6. The minimum Gasteiger partial charge on any atom is -0.409 e. The van der Waals surface area contributed by atoms with Crippen LogP contribution in [0.5, 0.6) is 0 Å². The van der Waals surface area contributed by atoms with Crippen molar-refractivity contribution in [1.82, 2.24) is 5.32 Å². The maximum absolute atomic E-state index is 8.68. The van der Waals surface area contributed by atoms with Crippen molar-refractivity contribution in [2.24, 2.45) is 10.9 Å². The first-order valence-corrected chi connectivity index (χ1v) is 7.01. The molecule has 0 aliphatic heterocycles. The van der Waals surface area contributed by atoms with Crippen LogP contribution >= 0.6 is 15.9 Å². The van der Waals surface area contributed by atoms with Crippen molar-refractivity contribution in [3.8, 4) is 0 Å². The van der Waals surface area contributed by atoms with Gasteiger partial charge < -0.3 is 16.3 Å². The second-order valence-electron chi connectivity index (χ2n) is 4.38. The third kappa shape index (κ3) is 3.82. The number of amidine groups is 1. The van der Waals surface area contributed by atoms with Gasteiger partial charge in [-0.3, -0.25) is 0 Å². The topological polar surface area (TPSA) is 70.6 Å². The fraction of sp³-hybridized carbons (Fsp3) is 0.133. The van der Waals surface area contributed by atoms with E-state index in [0.717, 1.165) is 16.6 Å². The van der Waals surface area contributed by atoms with E-state index in [1.54, 1.807) is 0 Å². The summed E-state index contributed by atoms with van der Waals surface area (Å²) in [7, 11) is 0. The summed E-state index contributed by atoms with van der Waals surface area (Å²) >= 11 is 3.52. The number of hydrogen-bond donors (Lipinski definition) is 3. The lowest BCUT2D eigenvalue weighted by atomic mass is 10.1. The van der Waals surface area contributed by atoms with Crippen LogP contribution in [0, 0.1) is 0 Å². The molecule has 104 valence electrons. The first-order chi connectivity index (χ1) is 9.70. The summed E-state index contributed by atoms with van der Waals surface area (Å²) in [5.74, 6) is 0.123. The molecule has 2 aromatic rings. The average molecular weight is 334 g/mol. The molecule has 0 heterocycles. The van der Waals surface area contributed by atoms with Crippen LogP contribution in [0.3, 0.4) is 0 Å². The van der Waals surface area contributed by atoms with Crippen LogP contribution in [0.25, 0.3) is 0 Å². The van der Waals surface area contributed by atoms with Gasteiger partial charge in [-0.15, -0.1) is 0 Å². The Morgan fingerprint density at radius 1 is 1.15 bits per heavy atom. The molecule has 0 saturated carbocycles. The zero-order valence-corrected chi connectivity index (χ0v) is 12.5. The third-order valence-electron chi connectivity index (χ3n) is 2.93. The average Bonchev–Trinajstić information content (AvgIpc) is 2.49. The molecule has 0 atom stereocenters. The summed E-state index contributed by atoms with van der Waals surface area (Å²) in [6.45, 7) is 1.49. The Morgan fingerprint density at radius 3 is 2.70 bits per heavy atom. The van der Waals surface area contributed by atoms with Crippen LogP contribution in [0.1, 0.15) is 16.7 Å². The van der Waals surface area contributed by atoms with Gasteiger partial charge in [0.15, 0.2) is 5.84 Å². The Labute approximate surface area is 126 Å². The zero-order valence-electron chi connectivity index (χ0n) is 10.9. The third-order valence-corrected chi connectivity index (χ3v) is 3.71. The molecule has 20 heavy (non-hydrogen) atoms. The summed E-state index contributed by atoms with van der Waals surface area (Å²) in [6.07, 6.45) is 0. The van der Waals surface area contributed by atoms with Crippen molar-refractivity contribution >= 4 is 21.8 Å². The standard InChI is InChI=1S/C15H16BrN3O/c16-14-7-2-1-5-13(14)10-18-9-11-4-3-6-12(8-11)15(17)19-20/h1-8,18,20H,9-10H2,(H2,17,19). The van der Waals surface area contributed by atoms with Crippen LogP contribution in [-0.2, 0) is 13.1 Å². The van der Waals surface area contributed by atoms with Gasteiger partial charge in [-0.05, 0) is 23.3 Å². The van der Waals surface area contributed by atoms with Gasteiger partial charge >= 0.3 is 0 Å². The number of rotatable bonds is 5. The molecule has 0 saturated heterocycles. The molecule has 2 rings (SSSR count). The van der Waals surface area contributed by atoms with Gasteiger partial charge in [0.05, 0.1) is 0 Å². The lowest BCUT2D eigenvalue weighted by Crippen LogP contribution is -2.16. The molecule has 4 N–H and O–H groups in total. The highest BCUT2D eigenvalue weighted by Crippen LogP contribution is 2.15. The lowest BCUT2D eigenvalue weighted by Gasteiger charge is -2.08. The van der Waals surface area contributed by atoms with Gasteiger partial charge in [0.1, 0.15) is 0 Å². The molecule has 4 nitrogen and oxygen atoms in total. The number of nitrogens with two attached hydrogens (primary N) is 1. The van der Waals surface area contributed by atoms with Crippen molar-refractivity contribution in [2.75, 3.05) is 0 Å². The predicted octanol–water partition coefficient (Wildman–Crippen LogP) is 2.83. The van der Waals surface area contributed by atoms with E-state index >= 15 is 0 Å². The fourth-order valence-electron chi connectivity index (χ4n) is 1.88. The summed E-state index contributed by atoms with van der Waals surface area (Å²) < 4.78 is 1.10. The smallest absolute Gasteiger partial charge is 0.170 e. The summed E-state index contributed by atoms with van der Waals surface area (Å²) in [6, 6.07) is 15.7. The van der Waals surface area contributed by atoms with Crippen molar-refractivity contribution in [1.29, 1.82) is 0 Å². The Kier molecular flexibility index (Phi) is 5.15. The molecule has 0 unspecified atom stereocenters. The number of hydrogen-bond acceptors (Lipinski definition) is 3. The Morgan fingerprint density at radius 2 is 1.95 bits per heavy atom. The largest absolute Gasteiger partial charge is 0.409 e. The van der Waals surface area contributed by atoms with Crippen molar-refractivity contribution < 1.29 is 5.21 Å². The monoisotopic (exact) mass is 333 g/mol. The van der Waals surface area contributed by atoms with Gasteiger partial charge in [-0.1, -0.05) is 57.5 Å². The SMILES string of the molecule is NC(=NO)c1cccc(CNCc2ccccc2Br)c1. The lowest BCUT2D eigenvalue weighted by molar-refractivity contribution is 0.318. The van der Waals surface area contributed by atoms with Gasteiger partial charge in [0, 0.05) is 23.1 Å². The van der Waals surface area contributed by atoms with E-state index in [-0.39, 0.29) is 5.84 Å². The molecule has 0 amide bonds. The summed E-state index contributed by atoms with van der Waals surface area (Å²) in [5, 5.41) is 15.1. The first-order valence-electron chi connectivity index (χ1n) is 6.21. The van der Waals surface area contributed by atoms with Crippen molar-refractivity contribution in [3.63, 3.8) is 0 Å². The number of oxime groups is 1. The van der Waals surface area contributed by atoms with Crippen molar-refractivity contribution in [3.05, 3.63) is 69.7 Å². The second kappa shape index (κ2) is 7.07. The Bertz CT molecular complexity index is 614. The predicted molar refractivity (Wildman–Crippen MR) is 83.6 cm³/mol. The van der Waals surface area contributed by atoms with E-state index in [2.05, 4.69) is 32.5 Å². The molecule has 0 spiro atoms. The highest BCUT2D eigenvalue weighted by Gasteiger charge is 2.01. The van der Waals surface area contributed by atoms with E-state index in [1.165, 1.54) is 5.56 Å². The molecular formula is C15H16BrN3O. The number of halogens is 1. The zero-order chi connectivity index (χ0) is 14.4. The van der Waals surface area contributed by atoms with E-state index in [1.807, 2.05) is 42.5 Å². The molecule has 5 heteroatoms. The fourth-order valence-corrected chi connectivity index (χ4v) is 2.31. The van der Waals surface area contributed by atoms with E-state index in [4.69, 9.17) is 10.9 Å². The quantitative estimate of drug-likeness (QED) is 0.341. The summed E-state index contributed by atoms with van der Waals surface area (Å²) in [4.78, 5) is 0. The maximum Gasteiger partial charge on any atom is 0.170 e. The minimum absolute atomic E-state index is 0.123. The highest BCUT2D eigenvalue weighted by atomic mass is 79.9. The minimum atomic E-state index is 0.123. The highest BCUT2D eigenvalue weighted by molar-refractivity contribution is 9.10. The molecule has 0 fully saturated rings. The molecule has 2 aromatic carbocycles. The number of nitrogens with zero attached hydrogens (tertiary/aromatic N) is 1. The van der Waals surface area contributed by atoms with Gasteiger partial charge in [0.2, 0.25) is 0 Å². The molecule has 0 aliphatic rings. The van der Waals surface area contributed by atoms with Crippen LogP contribution < -0.4 is 11.1 Å². The second-order valence-corrected chi connectivity index (χ2v) is 5.23. The molecule has 0 bridgehead atoms. The van der Waals surface area contributed by atoms with Crippen LogP contribution in [0.2, 0.25) is 0 Å². The molecular weight excluding hydrogens is 318 g/mol. The number of nitrogens with one attached hydrogen (secondary N) is 1. The van der Waals surface area contributed by atoms with Crippen LogP contribution in [-0.4, -0.2) is 11.0 Å². The summed E-state index contributed by atoms with van der Waals surface area (Å²) in [5.41, 5.74) is 8.58. The van der Waals surface area contributed by atoms with Gasteiger partial charge in [-0.2, -0.15) is 0 Å².